The van der Waals surface area contributed by atoms with E-state index in [0.717, 1.165) is 15.9 Å². The molecule has 0 radical (unpaired) electrons. The smallest absolute Gasteiger partial charge is 0.366 e. The van der Waals surface area contributed by atoms with Crippen LogP contribution in [0.1, 0.15) is 31.4 Å². The number of carbonyl (C=O) groups is 3. The maximum Gasteiger partial charge on any atom is 0.417 e. The van der Waals surface area contributed by atoms with Crippen molar-refractivity contribution in [2.75, 3.05) is 16.0 Å². The summed E-state index contributed by atoms with van der Waals surface area (Å²) in [5, 5.41) is 11.8. The van der Waals surface area contributed by atoms with Gasteiger partial charge in [0.25, 0.3) is 0 Å². The number of nitriles is 1. The van der Waals surface area contributed by atoms with Crippen molar-refractivity contribution < 1.29 is 32.3 Å². The fourth-order valence-electron chi connectivity index (χ4n) is 5.09. The third kappa shape index (κ3) is 4.93. The number of nitrogens with one attached hydrogen (secondary N) is 1. The Balaban J connectivity index is 1.56. The molecule has 11 heteroatoms. The van der Waals surface area contributed by atoms with Crippen molar-refractivity contribution in [1.29, 1.82) is 5.26 Å². The fraction of sp³-hybridized carbons (Fsp3) is 0.333. The van der Waals surface area contributed by atoms with E-state index in [-0.39, 0.29) is 11.6 Å². The van der Waals surface area contributed by atoms with Crippen LogP contribution in [-0.2, 0) is 25.3 Å². The third-order valence-electron chi connectivity index (χ3n) is 6.76. The first kappa shape index (κ1) is 27.4. The summed E-state index contributed by atoms with van der Waals surface area (Å²) in [6.07, 6.45) is -3.67. The molecular formula is C27H24F3N3O4S. The third-order valence-corrected chi connectivity index (χ3v) is 7.77. The van der Waals surface area contributed by atoms with E-state index in [1.54, 1.807) is 19.1 Å². The average molecular weight is 544 g/mol. The molecule has 2 aromatic carbocycles. The predicted molar refractivity (Wildman–Crippen MR) is 135 cm³/mol. The zero-order chi connectivity index (χ0) is 27.8. The molecule has 2 heterocycles. The van der Waals surface area contributed by atoms with Gasteiger partial charge in [-0.3, -0.25) is 14.4 Å². The molecule has 2 aliphatic rings. The molecular weight excluding hydrogens is 519 g/mol. The van der Waals surface area contributed by atoms with Crippen LogP contribution in [0.5, 0.6) is 0 Å². The SMILES string of the molecule is C=CC1(CCSc2ccc(NC(C)=O)cc2)OC(C)[C@@H]2C(=O)N(c3ccc(C#N)c(C(F)(F)F)c3)C(=O)[C@@H]21. The summed E-state index contributed by atoms with van der Waals surface area (Å²) >= 11 is 1.49. The first-order valence-electron chi connectivity index (χ1n) is 11.7. The van der Waals surface area contributed by atoms with Crippen LogP contribution in [0.4, 0.5) is 24.5 Å². The summed E-state index contributed by atoms with van der Waals surface area (Å²) in [6.45, 7) is 6.93. The van der Waals surface area contributed by atoms with E-state index in [4.69, 9.17) is 10.00 Å². The molecule has 7 nitrogen and oxygen atoms in total. The number of hydrogen-bond acceptors (Lipinski definition) is 6. The topological polar surface area (TPSA) is 99.5 Å². The minimum atomic E-state index is -4.83. The minimum absolute atomic E-state index is 0.180. The summed E-state index contributed by atoms with van der Waals surface area (Å²) in [7, 11) is 0. The van der Waals surface area contributed by atoms with E-state index >= 15 is 0 Å². The van der Waals surface area contributed by atoms with Gasteiger partial charge in [0, 0.05) is 23.3 Å². The van der Waals surface area contributed by atoms with Gasteiger partial charge in [-0.1, -0.05) is 6.08 Å². The van der Waals surface area contributed by atoms with Gasteiger partial charge in [-0.15, -0.1) is 18.3 Å². The molecule has 0 spiro atoms. The number of fused-ring (bicyclic) bond motifs is 1. The van der Waals surface area contributed by atoms with Gasteiger partial charge in [0.2, 0.25) is 17.7 Å². The van der Waals surface area contributed by atoms with E-state index in [2.05, 4.69) is 11.9 Å². The Morgan fingerprint density at radius 2 is 1.92 bits per heavy atom. The van der Waals surface area contributed by atoms with E-state index in [9.17, 15) is 27.6 Å². The van der Waals surface area contributed by atoms with Gasteiger partial charge in [0.05, 0.1) is 46.4 Å². The van der Waals surface area contributed by atoms with Crippen molar-refractivity contribution in [3.63, 3.8) is 0 Å². The lowest BCUT2D eigenvalue weighted by Crippen LogP contribution is -2.42. The molecule has 2 fully saturated rings. The number of ether oxygens (including phenoxy) is 1. The van der Waals surface area contributed by atoms with Crippen molar-refractivity contribution in [2.45, 2.75) is 43.0 Å². The monoisotopic (exact) mass is 543 g/mol. The summed E-state index contributed by atoms with van der Waals surface area (Å²) < 4.78 is 46.7. The van der Waals surface area contributed by atoms with Crippen LogP contribution in [-0.4, -0.2) is 35.2 Å². The number of amides is 3. The van der Waals surface area contributed by atoms with Crippen molar-refractivity contribution in [1.82, 2.24) is 0 Å². The number of alkyl halides is 3. The van der Waals surface area contributed by atoms with Crippen molar-refractivity contribution in [2.24, 2.45) is 11.8 Å². The van der Waals surface area contributed by atoms with Gasteiger partial charge in [-0.2, -0.15) is 18.4 Å². The Morgan fingerprint density at radius 1 is 1.24 bits per heavy atom. The maximum absolute atomic E-state index is 13.6. The second-order valence-electron chi connectivity index (χ2n) is 9.14. The molecule has 0 saturated carbocycles. The molecule has 2 saturated heterocycles. The molecule has 4 atom stereocenters. The number of anilines is 2. The maximum atomic E-state index is 13.6. The number of halogens is 3. The van der Waals surface area contributed by atoms with Crippen LogP contribution in [0, 0.1) is 23.2 Å². The highest BCUT2D eigenvalue weighted by Crippen LogP contribution is 2.51. The molecule has 4 rings (SSSR count). The first-order chi connectivity index (χ1) is 17.9. The highest BCUT2D eigenvalue weighted by atomic mass is 32.2. The number of thioether (sulfide) groups is 1. The molecule has 0 bridgehead atoms. The van der Waals surface area contributed by atoms with Crippen LogP contribution in [0.15, 0.2) is 60.0 Å². The van der Waals surface area contributed by atoms with Crippen LogP contribution in [0.2, 0.25) is 0 Å². The van der Waals surface area contributed by atoms with Gasteiger partial charge in [0.15, 0.2) is 0 Å². The quantitative estimate of drug-likeness (QED) is 0.294. The van der Waals surface area contributed by atoms with E-state index in [1.807, 2.05) is 12.1 Å². The number of benzene rings is 2. The van der Waals surface area contributed by atoms with Crippen LogP contribution >= 0.6 is 11.8 Å². The van der Waals surface area contributed by atoms with Gasteiger partial charge < -0.3 is 10.1 Å². The second kappa shape index (κ2) is 10.3. The standard InChI is InChI=1S/C27H24F3N3O4S/c1-4-26(11-12-38-20-9-6-18(7-10-20)32-16(3)34)23-22(15(2)37-26)24(35)33(25(23)36)19-8-5-17(14-31)21(13-19)27(28,29)30/h4-10,13,15,22-23H,1,11-12H2,2-3H3,(H,32,34)/t15?,22-,23+,26?/m0/s1. The summed E-state index contributed by atoms with van der Waals surface area (Å²) in [6, 6.07) is 11.5. The first-order valence-corrected chi connectivity index (χ1v) is 12.7. The average Bonchev–Trinajstić information content (AvgIpc) is 3.31. The number of hydrogen-bond donors (Lipinski definition) is 1. The number of rotatable bonds is 7. The Bertz CT molecular complexity index is 1340. The largest absolute Gasteiger partial charge is 0.417 e. The van der Waals surface area contributed by atoms with Gasteiger partial charge in [0.1, 0.15) is 0 Å². The predicted octanol–water partition coefficient (Wildman–Crippen LogP) is 5.17. The molecule has 2 aromatic rings. The van der Waals surface area contributed by atoms with E-state index in [0.29, 0.717) is 23.9 Å². The Hall–Kier alpha value is -3.62. The molecule has 3 amide bonds. The number of nitrogens with zero attached hydrogens (tertiary/aromatic N) is 2. The summed E-state index contributed by atoms with van der Waals surface area (Å²) in [4.78, 5) is 39.8. The lowest BCUT2D eigenvalue weighted by Gasteiger charge is -2.31. The molecule has 2 unspecified atom stereocenters. The Morgan fingerprint density at radius 3 is 2.50 bits per heavy atom. The van der Waals surface area contributed by atoms with Gasteiger partial charge in [-0.05, 0) is 55.8 Å². The molecule has 1 N–H and O–H groups in total. The van der Waals surface area contributed by atoms with Crippen molar-refractivity contribution in [3.05, 3.63) is 66.2 Å². The second-order valence-corrected chi connectivity index (χ2v) is 10.3. The highest BCUT2D eigenvalue weighted by molar-refractivity contribution is 7.99. The lowest BCUT2D eigenvalue weighted by atomic mass is 9.79. The zero-order valence-electron chi connectivity index (χ0n) is 20.5. The van der Waals surface area contributed by atoms with Gasteiger partial charge >= 0.3 is 6.18 Å². The molecule has 2 aliphatic heterocycles. The molecule has 0 aliphatic carbocycles. The summed E-state index contributed by atoms with van der Waals surface area (Å²) in [5.41, 5.74) is -2.57. The van der Waals surface area contributed by atoms with Gasteiger partial charge in [-0.25, -0.2) is 4.90 Å². The number of imide groups is 1. The normalized spacial score (nSPS) is 24.7. The van der Waals surface area contributed by atoms with E-state index < -0.39 is 52.7 Å². The van der Waals surface area contributed by atoms with Crippen molar-refractivity contribution in [3.8, 4) is 6.07 Å². The van der Waals surface area contributed by atoms with Crippen LogP contribution in [0.3, 0.4) is 0 Å². The van der Waals surface area contributed by atoms with E-state index in [1.165, 1.54) is 36.9 Å². The molecule has 38 heavy (non-hydrogen) atoms. The molecule has 0 aromatic heterocycles. The lowest BCUT2D eigenvalue weighted by molar-refractivity contribution is -0.138. The fourth-order valence-corrected chi connectivity index (χ4v) is 6.07. The summed E-state index contributed by atoms with van der Waals surface area (Å²) in [5.74, 6) is -2.82. The Kier molecular flexibility index (Phi) is 7.41. The highest BCUT2D eigenvalue weighted by Gasteiger charge is 2.64. The molecule has 198 valence electrons. The Labute approximate surface area is 221 Å². The van der Waals surface area contributed by atoms with Crippen molar-refractivity contribution >= 4 is 40.9 Å². The minimum Gasteiger partial charge on any atom is -0.366 e. The van der Waals surface area contributed by atoms with Crippen LogP contribution < -0.4 is 10.2 Å². The van der Waals surface area contributed by atoms with Crippen LogP contribution in [0.25, 0.3) is 0 Å². The zero-order valence-corrected chi connectivity index (χ0v) is 21.4. The number of carbonyl (C=O) groups excluding carboxylic acids is 3.